The number of aliphatic hydroxyl groups excluding tert-OH is 2. The highest BCUT2D eigenvalue weighted by molar-refractivity contribution is 6.36. The number of hydrogen-bond acceptors (Lipinski definition) is 7. The van der Waals surface area contributed by atoms with Crippen LogP contribution in [0.1, 0.15) is 0 Å². The summed E-state index contributed by atoms with van der Waals surface area (Å²) in [5.41, 5.74) is 4.12. The van der Waals surface area contributed by atoms with Crippen LogP contribution in [0.4, 0.5) is 5.82 Å². The average Bonchev–Trinajstić information content (AvgIpc) is 2.91. The fourth-order valence-corrected chi connectivity index (χ4v) is 2.76. The van der Waals surface area contributed by atoms with E-state index in [2.05, 4.69) is 9.97 Å². The molecule has 0 radical (unpaired) electrons. The van der Waals surface area contributed by atoms with E-state index in [1.807, 2.05) is 0 Å². The second-order valence-electron chi connectivity index (χ2n) is 4.61. The summed E-state index contributed by atoms with van der Waals surface area (Å²) >= 11 is 6.09. The number of halogens is 1. The molecule has 0 aliphatic carbocycles. The van der Waals surface area contributed by atoms with Crippen LogP contribution in [0.3, 0.4) is 0 Å². The quantitative estimate of drug-likeness (QED) is 0.564. The van der Waals surface area contributed by atoms with Gasteiger partial charge in [-0.05, 0) is 0 Å². The molecule has 9 heteroatoms. The highest BCUT2D eigenvalue weighted by atomic mass is 35.5. The van der Waals surface area contributed by atoms with Crippen molar-refractivity contribution in [3.05, 3.63) is 17.5 Å². The smallest absolute Gasteiger partial charge is 0.200 e. The first-order chi connectivity index (χ1) is 9.50. The normalized spacial score (nSPS) is 30.2. The minimum atomic E-state index is -1.87. The van der Waals surface area contributed by atoms with Crippen LogP contribution in [0.2, 0.25) is 5.02 Å². The summed E-state index contributed by atoms with van der Waals surface area (Å²) < 4.78 is 6.45. The average molecular weight is 301 g/mol. The van der Waals surface area contributed by atoms with Crippen molar-refractivity contribution < 1.29 is 20.1 Å². The Bertz CT molecular complexity index is 663. The van der Waals surface area contributed by atoms with Crippen LogP contribution in [-0.2, 0) is 10.5 Å². The van der Waals surface area contributed by atoms with E-state index >= 15 is 0 Å². The number of rotatable bonds is 2. The lowest BCUT2D eigenvalue weighted by Crippen LogP contribution is -2.50. The van der Waals surface area contributed by atoms with Gasteiger partial charge in [-0.3, -0.25) is 4.57 Å². The van der Waals surface area contributed by atoms with Gasteiger partial charge >= 0.3 is 0 Å². The molecule has 108 valence electrons. The summed E-state index contributed by atoms with van der Waals surface area (Å²) in [5, 5.41) is 30.7. The molecule has 2 aromatic rings. The van der Waals surface area contributed by atoms with E-state index in [-0.39, 0.29) is 23.1 Å². The lowest BCUT2D eigenvalue weighted by Gasteiger charge is -2.31. The van der Waals surface area contributed by atoms with Gasteiger partial charge in [-0.1, -0.05) is 11.6 Å². The molecule has 0 spiro atoms. The Balaban J connectivity index is 2.27. The van der Waals surface area contributed by atoms with Crippen molar-refractivity contribution in [2.45, 2.75) is 17.9 Å². The first-order valence-electron chi connectivity index (χ1n) is 5.90. The number of fused-ring (bicyclic) bond motifs is 1. The molecule has 0 bridgehead atoms. The fraction of sp³-hybridized carbons (Fsp3) is 0.455. The summed E-state index contributed by atoms with van der Waals surface area (Å²) in [6, 6.07) is 0. The molecule has 1 aliphatic rings. The molecule has 3 heterocycles. The van der Waals surface area contributed by atoms with Gasteiger partial charge in [-0.2, -0.15) is 0 Å². The van der Waals surface area contributed by atoms with Crippen molar-refractivity contribution in [1.29, 1.82) is 0 Å². The van der Waals surface area contributed by atoms with Gasteiger partial charge in [-0.25, -0.2) is 9.97 Å². The number of ether oxygens (including phenoxy) is 1. The zero-order valence-electron chi connectivity index (χ0n) is 10.3. The minimum Gasteiger partial charge on any atom is -0.393 e. The summed E-state index contributed by atoms with van der Waals surface area (Å²) in [7, 11) is 0. The van der Waals surface area contributed by atoms with Crippen LogP contribution in [0, 0.1) is 0 Å². The van der Waals surface area contributed by atoms with Crippen LogP contribution >= 0.6 is 11.6 Å². The third kappa shape index (κ3) is 1.63. The molecular weight excluding hydrogens is 288 g/mol. The third-order valence-electron chi connectivity index (χ3n) is 3.54. The Morgan fingerprint density at radius 2 is 2.30 bits per heavy atom. The topological polar surface area (TPSA) is 127 Å². The molecule has 1 fully saturated rings. The summed E-state index contributed by atoms with van der Waals surface area (Å²) in [6.45, 7) is -0.578. The largest absolute Gasteiger partial charge is 0.393 e. The van der Waals surface area contributed by atoms with E-state index in [9.17, 15) is 15.3 Å². The molecule has 20 heavy (non-hydrogen) atoms. The van der Waals surface area contributed by atoms with Gasteiger partial charge in [0, 0.05) is 6.20 Å². The van der Waals surface area contributed by atoms with Crippen LogP contribution in [-0.4, -0.2) is 55.3 Å². The molecular formula is C11H13ClN4O4. The Kier molecular flexibility index (Phi) is 3.07. The Hall–Kier alpha value is -1.45. The van der Waals surface area contributed by atoms with Gasteiger partial charge in [0.1, 0.15) is 30.0 Å². The van der Waals surface area contributed by atoms with Crippen LogP contribution < -0.4 is 5.73 Å². The van der Waals surface area contributed by atoms with Gasteiger partial charge in [0.15, 0.2) is 0 Å². The molecule has 2 aromatic heterocycles. The van der Waals surface area contributed by atoms with Gasteiger partial charge in [0.25, 0.3) is 0 Å². The van der Waals surface area contributed by atoms with E-state index in [1.54, 1.807) is 0 Å². The molecule has 0 aromatic carbocycles. The number of nitrogen functional groups attached to an aromatic ring is 1. The van der Waals surface area contributed by atoms with Gasteiger partial charge in [0.05, 0.1) is 23.6 Å². The van der Waals surface area contributed by atoms with Gasteiger partial charge < -0.3 is 25.8 Å². The Labute approximate surface area is 118 Å². The standard InChI is InChI=1S/C11H13ClN4O4/c12-5-1-16(10-8(5)9(13)14-4-15-10)11(19)6(18)3-20-7(11)2-17/h1,4,6-7,17-19H,2-3H2,(H2,13,14,15)/t6-,7+,11+/m0/s1. The van der Waals surface area contributed by atoms with E-state index in [0.29, 0.717) is 5.39 Å². The number of nitrogens with two attached hydrogens (primary N) is 1. The number of anilines is 1. The molecule has 0 unspecified atom stereocenters. The highest BCUT2D eigenvalue weighted by Crippen LogP contribution is 2.37. The van der Waals surface area contributed by atoms with Crippen molar-refractivity contribution in [2.75, 3.05) is 18.9 Å². The second-order valence-corrected chi connectivity index (χ2v) is 5.02. The van der Waals surface area contributed by atoms with E-state index in [0.717, 1.165) is 0 Å². The minimum absolute atomic E-state index is 0.112. The SMILES string of the molecule is Nc1ncnc2c1c(Cl)cn2[C@@]1(O)[C@@H](O)CO[C@@H]1CO. The predicted octanol–water partition coefficient (Wildman–Crippen LogP) is -0.936. The maximum atomic E-state index is 10.8. The number of aromatic nitrogens is 3. The summed E-state index contributed by atoms with van der Waals surface area (Å²) in [6.07, 6.45) is 0.379. The molecule has 0 amide bonds. The van der Waals surface area contributed by atoms with Crippen molar-refractivity contribution >= 4 is 28.5 Å². The van der Waals surface area contributed by atoms with Crippen molar-refractivity contribution in [1.82, 2.24) is 14.5 Å². The molecule has 1 aliphatic heterocycles. The molecule has 3 atom stereocenters. The van der Waals surface area contributed by atoms with E-state index < -0.39 is 24.5 Å². The third-order valence-corrected chi connectivity index (χ3v) is 3.82. The molecule has 5 N–H and O–H groups in total. The van der Waals surface area contributed by atoms with E-state index in [1.165, 1.54) is 17.1 Å². The summed E-state index contributed by atoms with van der Waals surface area (Å²) in [4.78, 5) is 7.87. The lowest BCUT2D eigenvalue weighted by atomic mass is 10.0. The Morgan fingerprint density at radius 1 is 1.55 bits per heavy atom. The number of aliphatic hydroxyl groups is 3. The highest BCUT2D eigenvalue weighted by Gasteiger charge is 2.52. The zero-order valence-corrected chi connectivity index (χ0v) is 11.0. The second kappa shape index (κ2) is 4.54. The maximum absolute atomic E-state index is 10.8. The van der Waals surface area contributed by atoms with Crippen molar-refractivity contribution in [3.8, 4) is 0 Å². The zero-order chi connectivity index (χ0) is 14.5. The van der Waals surface area contributed by atoms with Crippen LogP contribution in [0.25, 0.3) is 11.0 Å². The predicted molar refractivity (Wildman–Crippen MR) is 70.0 cm³/mol. The van der Waals surface area contributed by atoms with Crippen LogP contribution in [0.5, 0.6) is 0 Å². The summed E-state index contributed by atoms with van der Waals surface area (Å²) in [5.74, 6) is 0.163. The van der Waals surface area contributed by atoms with E-state index in [4.69, 9.17) is 22.1 Å². The molecule has 3 rings (SSSR count). The van der Waals surface area contributed by atoms with Gasteiger partial charge in [0.2, 0.25) is 5.72 Å². The maximum Gasteiger partial charge on any atom is 0.200 e. The number of nitrogens with zero attached hydrogens (tertiary/aromatic N) is 3. The monoisotopic (exact) mass is 300 g/mol. The molecule has 0 saturated carbocycles. The lowest BCUT2D eigenvalue weighted by molar-refractivity contribution is -0.147. The van der Waals surface area contributed by atoms with Gasteiger partial charge in [-0.15, -0.1) is 0 Å². The first-order valence-corrected chi connectivity index (χ1v) is 6.28. The Morgan fingerprint density at radius 3 is 3.00 bits per heavy atom. The number of hydrogen-bond donors (Lipinski definition) is 4. The first kappa shape index (κ1) is 13.5. The fourth-order valence-electron chi connectivity index (χ4n) is 2.48. The van der Waals surface area contributed by atoms with Crippen LogP contribution in [0.15, 0.2) is 12.5 Å². The molecule has 8 nitrogen and oxygen atoms in total. The van der Waals surface area contributed by atoms with Crippen molar-refractivity contribution in [3.63, 3.8) is 0 Å². The molecule has 1 saturated heterocycles. The van der Waals surface area contributed by atoms with Crippen molar-refractivity contribution in [2.24, 2.45) is 0 Å².